The van der Waals surface area contributed by atoms with Crippen LogP contribution in [0.25, 0.3) is 0 Å². The van der Waals surface area contributed by atoms with Crippen LogP contribution in [0.4, 0.5) is 5.69 Å². The highest BCUT2D eigenvalue weighted by molar-refractivity contribution is 7.92. The SMILES string of the molecule is CC[C@H](C(=O)NC1CCCCC1)N(Cc1ccc(C)cc1)C(=O)CN(c1ccc(Cl)cc1Cl)S(C)(=O)=O. The molecule has 3 rings (SSSR count). The van der Waals surface area contributed by atoms with Gasteiger partial charge in [0.1, 0.15) is 12.6 Å². The van der Waals surface area contributed by atoms with Crippen LogP contribution in [0.15, 0.2) is 42.5 Å². The van der Waals surface area contributed by atoms with Crippen LogP contribution in [-0.2, 0) is 26.2 Å². The fourth-order valence-corrected chi connectivity index (χ4v) is 6.05. The minimum atomic E-state index is -3.88. The van der Waals surface area contributed by atoms with Gasteiger partial charge in [0.05, 0.1) is 17.0 Å². The summed E-state index contributed by atoms with van der Waals surface area (Å²) in [5, 5.41) is 3.59. The molecule has 0 heterocycles. The summed E-state index contributed by atoms with van der Waals surface area (Å²) in [5.41, 5.74) is 2.07. The normalized spacial score (nSPS) is 15.2. The van der Waals surface area contributed by atoms with Crippen molar-refractivity contribution in [3.63, 3.8) is 0 Å². The summed E-state index contributed by atoms with van der Waals surface area (Å²) in [7, 11) is -3.88. The molecule has 2 aromatic rings. The number of aryl methyl sites for hydroxylation is 1. The van der Waals surface area contributed by atoms with E-state index < -0.39 is 28.5 Å². The van der Waals surface area contributed by atoms with Gasteiger partial charge in [-0.15, -0.1) is 0 Å². The predicted octanol–water partition coefficient (Wildman–Crippen LogP) is 5.32. The first-order chi connectivity index (χ1) is 17.5. The van der Waals surface area contributed by atoms with Gasteiger partial charge in [0.2, 0.25) is 21.8 Å². The van der Waals surface area contributed by atoms with Crippen LogP contribution in [-0.4, -0.2) is 50.0 Å². The molecule has 2 amide bonds. The second-order valence-electron chi connectivity index (χ2n) is 9.64. The lowest BCUT2D eigenvalue weighted by atomic mass is 9.95. The number of nitrogens with zero attached hydrogens (tertiary/aromatic N) is 2. The first-order valence-corrected chi connectivity index (χ1v) is 15.2. The van der Waals surface area contributed by atoms with E-state index in [2.05, 4.69) is 5.32 Å². The number of hydrogen-bond acceptors (Lipinski definition) is 4. The number of halogens is 2. The fraction of sp³-hybridized carbons (Fsp3) is 0.481. The van der Waals surface area contributed by atoms with Gasteiger partial charge < -0.3 is 10.2 Å². The van der Waals surface area contributed by atoms with Crippen LogP contribution in [0.1, 0.15) is 56.6 Å². The van der Waals surface area contributed by atoms with E-state index in [1.165, 1.54) is 23.1 Å². The molecule has 1 saturated carbocycles. The second kappa shape index (κ2) is 13.0. The molecule has 0 spiro atoms. The van der Waals surface area contributed by atoms with Crippen LogP contribution in [0.2, 0.25) is 10.0 Å². The number of carbonyl (C=O) groups excluding carboxylic acids is 2. The standard InChI is InChI=1S/C27H35Cl2N3O4S/c1-4-24(27(34)30-22-8-6-5-7-9-22)31(17-20-12-10-19(2)11-13-20)26(33)18-32(37(3,35)36)25-15-14-21(28)16-23(25)29/h10-16,22,24H,4-9,17-18H2,1-3H3,(H,30,34)/t24-/m1/s1. The number of amides is 2. The highest BCUT2D eigenvalue weighted by Gasteiger charge is 2.33. The third-order valence-corrected chi connectivity index (χ3v) is 8.33. The number of anilines is 1. The summed E-state index contributed by atoms with van der Waals surface area (Å²) >= 11 is 12.3. The van der Waals surface area contributed by atoms with E-state index in [9.17, 15) is 18.0 Å². The molecule has 0 radical (unpaired) electrons. The van der Waals surface area contributed by atoms with Crippen molar-refractivity contribution in [1.29, 1.82) is 0 Å². The lowest BCUT2D eigenvalue weighted by Gasteiger charge is -2.34. The molecule has 2 aromatic carbocycles. The molecular weight excluding hydrogens is 533 g/mol. The fourth-order valence-electron chi connectivity index (χ4n) is 4.63. The first-order valence-electron chi connectivity index (χ1n) is 12.6. The van der Waals surface area contributed by atoms with Crippen molar-refractivity contribution in [2.45, 2.75) is 71.0 Å². The Morgan fingerprint density at radius 1 is 1.05 bits per heavy atom. The van der Waals surface area contributed by atoms with Crippen molar-refractivity contribution in [2.75, 3.05) is 17.1 Å². The minimum Gasteiger partial charge on any atom is -0.352 e. The third-order valence-electron chi connectivity index (χ3n) is 6.67. The molecule has 0 aromatic heterocycles. The van der Waals surface area contributed by atoms with E-state index in [4.69, 9.17) is 23.2 Å². The van der Waals surface area contributed by atoms with Crippen molar-refractivity contribution in [3.05, 3.63) is 63.6 Å². The van der Waals surface area contributed by atoms with E-state index in [1.807, 2.05) is 38.1 Å². The van der Waals surface area contributed by atoms with E-state index in [0.29, 0.717) is 11.4 Å². The van der Waals surface area contributed by atoms with Gasteiger partial charge in [-0.2, -0.15) is 0 Å². The highest BCUT2D eigenvalue weighted by Crippen LogP contribution is 2.30. The van der Waals surface area contributed by atoms with Gasteiger partial charge in [-0.05, 0) is 49.9 Å². The lowest BCUT2D eigenvalue weighted by Crippen LogP contribution is -2.54. The molecule has 37 heavy (non-hydrogen) atoms. The molecule has 0 aliphatic heterocycles. The maximum atomic E-state index is 13.8. The smallest absolute Gasteiger partial charge is 0.244 e. The maximum absolute atomic E-state index is 13.8. The molecule has 1 fully saturated rings. The van der Waals surface area contributed by atoms with Crippen molar-refractivity contribution in [1.82, 2.24) is 10.2 Å². The topological polar surface area (TPSA) is 86.8 Å². The number of rotatable bonds is 10. The van der Waals surface area contributed by atoms with Gasteiger partial charge in [0, 0.05) is 17.6 Å². The Labute approximate surface area is 230 Å². The van der Waals surface area contributed by atoms with Crippen molar-refractivity contribution in [3.8, 4) is 0 Å². The number of nitrogens with one attached hydrogen (secondary N) is 1. The zero-order valence-corrected chi connectivity index (χ0v) is 23.9. The largest absolute Gasteiger partial charge is 0.352 e. The molecule has 1 N–H and O–H groups in total. The van der Waals surface area contributed by atoms with Gasteiger partial charge in [-0.25, -0.2) is 8.42 Å². The zero-order chi connectivity index (χ0) is 27.2. The lowest BCUT2D eigenvalue weighted by molar-refractivity contribution is -0.140. The average Bonchev–Trinajstić information content (AvgIpc) is 2.84. The Bertz CT molecular complexity index is 1200. The summed E-state index contributed by atoms with van der Waals surface area (Å²) in [6.45, 7) is 3.49. The van der Waals surface area contributed by atoms with E-state index >= 15 is 0 Å². The van der Waals surface area contributed by atoms with Gasteiger partial charge >= 0.3 is 0 Å². The van der Waals surface area contributed by atoms with Crippen molar-refractivity contribution < 1.29 is 18.0 Å². The minimum absolute atomic E-state index is 0.0898. The van der Waals surface area contributed by atoms with E-state index in [1.54, 1.807) is 0 Å². The van der Waals surface area contributed by atoms with E-state index in [-0.39, 0.29) is 29.2 Å². The molecule has 0 unspecified atom stereocenters. The summed E-state index contributed by atoms with van der Waals surface area (Å²) in [6.07, 6.45) is 6.55. The third kappa shape index (κ3) is 8.09. The van der Waals surface area contributed by atoms with Gasteiger partial charge in [-0.1, -0.05) is 79.2 Å². The summed E-state index contributed by atoms with van der Waals surface area (Å²) in [4.78, 5) is 28.7. The predicted molar refractivity (Wildman–Crippen MR) is 149 cm³/mol. The van der Waals surface area contributed by atoms with Crippen LogP contribution >= 0.6 is 23.2 Å². The Balaban J connectivity index is 1.93. The highest BCUT2D eigenvalue weighted by atomic mass is 35.5. The Hall–Kier alpha value is -2.29. The molecule has 1 aliphatic rings. The Morgan fingerprint density at radius 3 is 2.27 bits per heavy atom. The molecule has 1 atom stereocenters. The summed E-state index contributed by atoms with van der Waals surface area (Å²) in [5.74, 6) is -0.715. The summed E-state index contributed by atoms with van der Waals surface area (Å²) in [6, 6.07) is 11.5. The average molecular weight is 569 g/mol. The Kier molecular flexibility index (Phi) is 10.3. The second-order valence-corrected chi connectivity index (χ2v) is 12.4. The van der Waals surface area contributed by atoms with Gasteiger partial charge in [-0.3, -0.25) is 13.9 Å². The molecule has 0 bridgehead atoms. The van der Waals surface area contributed by atoms with Crippen LogP contribution < -0.4 is 9.62 Å². The molecule has 0 saturated heterocycles. The van der Waals surface area contributed by atoms with Crippen LogP contribution in [0, 0.1) is 6.92 Å². The van der Waals surface area contributed by atoms with Crippen LogP contribution in [0.3, 0.4) is 0 Å². The summed E-state index contributed by atoms with van der Waals surface area (Å²) < 4.78 is 26.4. The van der Waals surface area contributed by atoms with Crippen molar-refractivity contribution in [2.24, 2.45) is 0 Å². The van der Waals surface area contributed by atoms with Gasteiger partial charge in [0.25, 0.3) is 0 Å². The molecular formula is C27H35Cl2N3O4S. The molecule has 202 valence electrons. The molecule has 7 nitrogen and oxygen atoms in total. The monoisotopic (exact) mass is 567 g/mol. The van der Waals surface area contributed by atoms with E-state index in [0.717, 1.165) is 53.8 Å². The first kappa shape index (κ1) is 29.3. The van der Waals surface area contributed by atoms with Crippen molar-refractivity contribution >= 4 is 50.7 Å². The number of sulfonamides is 1. The number of benzene rings is 2. The quantitative estimate of drug-likeness (QED) is 0.420. The Morgan fingerprint density at radius 2 is 1.70 bits per heavy atom. The molecule has 1 aliphatic carbocycles. The van der Waals surface area contributed by atoms with Gasteiger partial charge in [0.15, 0.2) is 0 Å². The van der Waals surface area contributed by atoms with Crippen LogP contribution in [0.5, 0.6) is 0 Å². The maximum Gasteiger partial charge on any atom is 0.244 e. The zero-order valence-electron chi connectivity index (χ0n) is 21.5. The number of carbonyl (C=O) groups is 2. The molecule has 10 heteroatoms. The number of hydrogen-bond donors (Lipinski definition) is 1.